The predicted octanol–water partition coefficient (Wildman–Crippen LogP) is 4.11. The first-order valence-electron chi connectivity index (χ1n) is 10.2. The SMILES string of the molecule is Cc1cc(Nc2ccccn2)cc([C@H]2CCCN(CC(=O)Nc3ncc(C)s3)C2)n1. The number of rotatable bonds is 6. The number of likely N-dealkylation sites (tertiary alicyclic amines) is 1. The van der Waals surface area contributed by atoms with E-state index in [0.29, 0.717) is 17.6 Å². The molecular formula is C22H26N6OS. The van der Waals surface area contributed by atoms with Crippen molar-refractivity contribution < 1.29 is 4.79 Å². The van der Waals surface area contributed by atoms with Crippen LogP contribution in [0.1, 0.15) is 35.0 Å². The van der Waals surface area contributed by atoms with Gasteiger partial charge in [0.05, 0.1) is 6.54 Å². The number of aryl methyl sites for hydroxylation is 2. The largest absolute Gasteiger partial charge is 0.340 e. The fourth-order valence-electron chi connectivity index (χ4n) is 3.78. The van der Waals surface area contributed by atoms with Crippen molar-refractivity contribution in [1.82, 2.24) is 19.9 Å². The van der Waals surface area contributed by atoms with E-state index in [9.17, 15) is 4.79 Å². The van der Waals surface area contributed by atoms with Gasteiger partial charge in [0, 0.05) is 46.8 Å². The summed E-state index contributed by atoms with van der Waals surface area (Å²) in [6.07, 6.45) is 5.67. The van der Waals surface area contributed by atoms with Crippen LogP contribution in [0, 0.1) is 13.8 Å². The Labute approximate surface area is 180 Å². The van der Waals surface area contributed by atoms with Crippen molar-refractivity contribution in [2.45, 2.75) is 32.6 Å². The van der Waals surface area contributed by atoms with Gasteiger partial charge in [0.15, 0.2) is 5.13 Å². The van der Waals surface area contributed by atoms with Crippen LogP contribution in [0.2, 0.25) is 0 Å². The predicted molar refractivity (Wildman–Crippen MR) is 120 cm³/mol. The molecule has 3 aromatic heterocycles. The fraction of sp³-hybridized carbons (Fsp3) is 0.364. The van der Waals surface area contributed by atoms with E-state index >= 15 is 0 Å². The number of nitrogens with one attached hydrogen (secondary N) is 2. The lowest BCUT2D eigenvalue weighted by Gasteiger charge is -2.32. The Balaban J connectivity index is 1.40. The van der Waals surface area contributed by atoms with E-state index in [2.05, 4.69) is 31.6 Å². The van der Waals surface area contributed by atoms with E-state index in [1.165, 1.54) is 11.3 Å². The van der Waals surface area contributed by atoms with Crippen molar-refractivity contribution in [3.63, 3.8) is 0 Å². The molecule has 3 aromatic rings. The maximum absolute atomic E-state index is 12.4. The Morgan fingerprint density at radius 1 is 1.27 bits per heavy atom. The first-order valence-corrected chi connectivity index (χ1v) is 11.0. The van der Waals surface area contributed by atoms with Crippen molar-refractivity contribution >= 4 is 33.9 Å². The van der Waals surface area contributed by atoms with Crippen molar-refractivity contribution in [2.24, 2.45) is 0 Å². The van der Waals surface area contributed by atoms with Crippen LogP contribution >= 0.6 is 11.3 Å². The molecule has 0 bridgehead atoms. The number of hydrogen-bond acceptors (Lipinski definition) is 7. The zero-order valence-corrected chi connectivity index (χ0v) is 18.1. The van der Waals surface area contributed by atoms with Gasteiger partial charge in [-0.15, -0.1) is 11.3 Å². The molecule has 0 aliphatic carbocycles. The van der Waals surface area contributed by atoms with Gasteiger partial charge in [-0.3, -0.25) is 14.7 Å². The first kappa shape index (κ1) is 20.4. The monoisotopic (exact) mass is 422 g/mol. The van der Waals surface area contributed by atoms with Crippen LogP contribution in [0.5, 0.6) is 0 Å². The third-order valence-electron chi connectivity index (χ3n) is 5.07. The maximum Gasteiger partial charge on any atom is 0.240 e. The topological polar surface area (TPSA) is 83.0 Å². The summed E-state index contributed by atoms with van der Waals surface area (Å²) in [5.41, 5.74) is 3.03. The van der Waals surface area contributed by atoms with Crippen LogP contribution in [-0.2, 0) is 4.79 Å². The van der Waals surface area contributed by atoms with Gasteiger partial charge in [-0.1, -0.05) is 6.07 Å². The molecule has 0 saturated carbocycles. The highest BCUT2D eigenvalue weighted by atomic mass is 32.1. The second kappa shape index (κ2) is 9.32. The normalized spacial score (nSPS) is 16.9. The lowest BCUT2D eigenvalue weighted by Crippen LogP contribution is -2.40. The van der Waals surface area contributed by atoms with Gasteiger partial charge in [0.2, 0.25) is 5.91 Å². The number of nitrogens with zero attached hydrogens (tertiary/aromatic N) is 4. The smallest absolute Gasteiger partial charge is 0.240 e. The lowest BCUT2D eigenvalue weighted by molar-refractivity contribution is -0.117. The number of aromatic nitrogens is 3. The highest BCUT2D eigenvalue weighted by molar-refractivity contribution is 7.15. The van der Waals surface area contributed by atoms with Gasteiger partial charge >= 0.3 is 0 Å². The van der Waals surface area contributed by atoms with Crippen LogP contribution in [0.4, 0.5) is 16.6 Å². The Morgan fingerprint density at radius 3 is 2.93 bits per heavy atom. The molecule has 7 nitrogen and oxygen atoms in total. The molecule has 0 radical (unpaired) electrons. The number of hydrogen-bond donors (Lipinski definition) is 2. The van der Waals surface area contributed by atoms with Crippen LogP contribution in [0.15, 0.2) is 42.7 Å². The molecule has 1 fully saturated rings. The Hall–Kier alpha value is -2.84. The summed E-state index contributed by atoms with van der Waals surface area (Å²) in [4.78, 5) is 29.1. The molecule has 156 valence electrons. The number of amides is 1. The molecule has 0 aromatic carbocycles. The minimum atomic E-state index is -0.0142. The minimum absolute atomic E-state index is 0.0142. The molecule has 4 rings (SSSR count). The molecule has 4 heterocycles. The quantitative estimate of drug-likeness (QED) is 0.622. The van der Waals surface area contributed by atoms with Crippen LogP contribution in [-0.4, -0.2) is 45.4 Å². The summed E-state index contributed by atoms with van der Waals surface area (Å²) in [6.45, 7) is 6.11. The van der Waals surface area contributed by atoms with Gasteiger partial charge in [0.1, 0.15) is 5.82 Å². The number of anilines is 3. The summed E-state index contributed by atoms with van der Waals surface area (Å²) in [7, 11) is 0. The molecular weight excluding hydrogens is 396 g/mol. The second-order valence-corrected chi connectivity index (χ2v) is 8.90. The van der Waals surface area contributed by atoms with Gasteiger partial charge in [-0.2, -0.15) is 0 Å². The molecule has 1 amide bonds. The number of pyridine rings is 2. The first-order chi connectivity index (χ1) is 14.5. The summed E-state index contributed by atoms with van der Waals surface area (Å²) in [6, 6.07) is 9.94. The van der Waals surface area contributed by atoms with Gasteiger partial charge < -0.3 is 10.6 Å². The molecule has 1 aliphatic heterocycles. The van der Waals surface area contributed by atoms with Gasteiger partial charge in [-0.05, 0) is 57.5 Å². The van der Waals surface area contributed by atoms with E-state index in [0.717, 1.165) is 53.7 Å². The molecule has 1 atom stereocenters. The summed E-state index contributed by atoms with van der Waals surface area (Å²) in [5.74, 6) is 1.10. The molecule has 0 spiro atoms. The highest BCUT2D eigenvalue weighted by Gasteiger charge is 2.24. The summed E-state index contributed by atoms with van der Waals surface area (Å²) in [5, 5.41) is 6.93. The molecule has 30 heavy (non-hydrogen) atoms. The van der Waals surface area contributed by atoms with Crippen LogP contribution in [0.25, 0.3) is 0 Å². The molecule has 8 heteroatoms. The fourth-order valence-corrected chi connectivity index (χ4v) is 4.46. The molecule has 1 saturated heterocycles. The highest BCUT2D eigenvalue weighted by Crippen LogP contribution is 2.28. The number of thiazole rings is 1. The molecule has 1 aliphatic rings. The Morgan fingerprint density at radius 2 is 2.17 bits per heavy atom. The van der Waals surface area contributed by atoms with Crippen molar-refractivity contribution in [2.75, 3.05) is 30.3 Å². The van der Waals surface area contributed by atoms with Gasteiger partial charge in [0.25, 0.3) is 0 Å². The van der Waals surface area contributed by atoms with E-state index in [1.807, 2.05) is 38.1 Å². The molecule has 2 N–H and O–H groups in total. The van der Waals surface area contributed by atoms with Crippen molar-refractivity contribution in [3.8, 4) is 0 Å². The minimum Gasteiger partial charge on any atom is -0.340 e. The average Bonchev–Trinajstić information content (AvgIpc) is 3.13. The van der Waals surface area contributed by atoms with E-state index in [4.69, 9.17) is 4.98 Å². The average molecular weight is 423 g/mol. The zero-order chi connectivity index (χ0) is 20.9. The van der Waals surface area contributed by atoms with E-state index in [1.54, 1.807) is 12.4 Å². The number of piperidine rings is 1. The van der Waals surface area contributed by atoms with Crippen LogP contribution < -0.4 is 10.6 Å². The second-order valence-electron chi connectivity index (χ2n) is 7.66. The van der Waals surface area contributed by atoms with E-state index < -0.39 is 0 Å². The summed E-state index contributed by atoms with van der Waals surface area (Å²) >= 11 is 1.50. The van der Waals surface area contributed by atoms with Gasteiger partial charge in [-0.25, -0.2) is 9.97 Å². The van der Waals surface area contributed by atoms with Crippen LogP contribution in [0.3, 0.4) is 0 Å². The summed E-state index contributed by atoms with van der Waals surface area (Å²) < 4.78 is 0. The number of carbonyl (C=O) groups is 1. The Bertz CT molecular complexity index is 1010. The third-order valence-corrected chi connectivity index (χ3v) is 5.90. The maximum atomic E-state index is 12.4. The Kier molecular flexibility index (Phi) is 6.35. The molecule has 0 unspecified atom stereocenters. The standard InChI is InChI=1S/C22H26N6OS/c1-15-10-18(26-20-7-3-4-8-23-20)11-19(25-15)17-6-5-9-28(13-17)14-21(29)27-22-24-12-16(2)30-22/h3-4,7-8,10-12,17H,5-6,9,13-14H2,1-2H3,(H,23,25,26)(H,24,27,29)/t17-/m0/s1. The van der Waals surface area contributed by atoms with Crippen molar-refractivity contribution in [1.29, 1.82) is 0 Å². The zero-order valence-electron chi connectivity index (χ0n) is 17.3. The van der Waals surface area contributed by atoms with E-state index in [-0.39, 0.29) is 5.91 Å². The van der Waals surface area contributed by atoms with Crippen molar-refractivity contribution in [3.05, 3.63) is 59.0 Å². The lowest BCUT2D eigenvalue weighted by atomic mass is 9.93. The third kappa shape index (κ3) is 5.40. The number of carbonyl (C=O) groups excluding carboxylic acids is 1.